The standard InChI is InChI=1S/C37H53Cl2N2P.Ru/c1-27-24-28(2)34(29(3)25-27)36(38)20-12-13-21-37(36,39)42(31-15-6-4-7-16-31,32-17-8-5-9-18-32)26-30-14-10-11-19-33(30)35-40-22-23-41-35;/h10-11,14,19,24-26,30-32,40-41H,4-9,12-13,15-18,20-23H2,1-3H3;. The van der Waals surface area contributed by atoms with Crippen LogP contribution in [0, 0.1) is 26.7 Å². The zero-order chi connectivity index (χ0) is 29.4. The monoisotopic (exact) mass is 728 g/mol. The second kappa shape index (κ2) is 14.1. The Morgan fingerprint density at radius 1 is 0.767 bits per heavy atom. The number of rotatable bonds is 5. The predicted molar refractivity (Wildman–Crippen MR) is 187 cm³/mol. The number of nitrogens with one attached hydrogen (secondary N) is 2. The van der Waals surface area contributed by atoms with Gasteiger partial charge in [-0.1, -0.05) is 106 Å². The summed E-state index contributed by atoms with van der Waals surface area (Å²) in [6.45, 7) is 6.81. The quantitative estimate of drug-likeness (QED) is 0.179. The van der Waals surface area contributed by atoms with Gasteiger partial charge in [-0.3, -0.25) is 0 Å². The van der Waals surface area contributed by atoms with Gasteiger partial charge in [0.2, 0.25) is 0 Å². The first kappa shape index (κ1) is 33.9. The predicted octanol–water partition coefficient (Wildman–Crippen LogP) is 10.2. The average molecular weight is 729 g/mol. The Kier molecular flexibility index (Phi) is 11.1. The summed E-state index contributed by atoms with van der Waals surface area (Å²) in [5, 5.41) is 7.34. The van der Waals surface area contributed by atoms with Crippen LogP contribution in [-0.4, -0.2) is 34.8 Å². The van der Waals surface area contributed by atoms with Crippen molar-refractivity contribution in [1.29, 1.82) is 0 Å². The van der Waals surface area contributed by atoms with Crippen LogP contribution in [0.3, 0.4) is 0 Å². The molecule has 4 fully saturated rings. The Bertz CT molecular complexity index is 1250. The van der Waals surface area contributed by atoms with Gasteiger partial charge in [-0.2, -0.15) is 0 Å². The molecule has 3 saturated carbocycles. The summed E-state index contributed by atoms with van der Waals surface area (Å²) in [7, 11) is 0. The molecule has 3 unspecified atom stereocenters. The molecular weight excluding hydrogens is 675 g/mol. The Morgan fingerprint density at radius 3 is 1.91 bits per heavy atom. The van der Waals surface area contributed by atoms with Crippen LogP contribution in [-0.2, 0) is 24.4 Å². The number of alkyl halides is 2. The maximum Gasteiger partial charge on any atom is 0.103 e. The van der Waals surface area contributed by atoms with Crippen LogP contribution in [0.15, 0.2) is 47.8 Å². The summed E-state index contributed by atoms with van der Waals surface area (Å²) >= 11 is 17.1. The van der Waals surface area contributed by atoms with Crippen LogP contribution in [0.1, 0.15) is 112 Å². The second-order valence-corrected chi connectivity index (χ2v) is 19.8. The Morgan fingerprint density at radius 2 is 1.33 bits per heavy atom. The Balaban J connectivity index is 0.00000368. The molecule has 2 nitrogen and oxygen atoms in total. The second-order valence-electron chi connectivity index (χ2n) is 14.1. The van der Waals surface area contributed by atoms with E-state index in [0.29, 0.717) is 11.3 Å². The summed E-state index contributed by atoms with van der Waals surface area (Å²) < 4.78 is -0.449. The molecule has 1 saturated heterocycles. The number of halogens is 2. The van der Waals surface area contributed by atoms with E-state index in [0.717, 1.165) is 32.4 Å². The minimum absolute atomic E-state index is 0. The normalized spacial score (nSPS) is 30.5. The van der Waals surface area contributed by atoms with Gasteiger partial charge < -0.3 is 10.6 Å². The van der Waals surface area contributed by atoms with Crippen LogP contribution in [0.5, 0.6) is 0 Å². The van der Waals surface area contributed by atoms with Gasteiger partial charge in [0, 0.05) is 44.1 Å². The van der Waals surface area contributed by atoms with Gasteiger partial charge in [-0.25, -0.2) is 0 Å². The zero-order valence-corrected chi connectivity index (χ0v) is 30.8. The fourth-order valence-corrected chi connectivity index (χ4v) is 19.2. The van der Waals surface area contributed by atoms with Crippen molar-refractivity contribution in [3.63, 3.8) is 0 Å². The molecule has 4 aliphatic carbocycles. The van der Waals surface area contributed by atoms with Crippen molar-refractivity contribution in [2.24, 2.45) is 5.92 Å². The molecule has 1 heterocycles. The van der Waals surface area contributed by atoms with Gasteiger partial charge in [0.1, 0.15) is 5.82 Å². The summed E-state index contributed by atoms with van der Waals surface area (Å²) in [5.74, 6) is 4.41. The smallest absolute Gasteiger partial charge is 0.103 e. The number of hydrogen-bond donors (Lipinski definition) is 2. The number of hydrogen-bond acceptors (Lipinski definition) is 2. The minimum Gasteiger partial charge on any atom is -0.370 e. The van der Waals surface area contributed by atoms with E-state index in [1.54, 1.807) is 0 Å². The molecular formula is C37H53Cl2N2PRu. The maximum absolute atomic E-state index is 8.71. The molecule has 6 rings (SSSR count). The maximum atomic E-state index is 8.71. The van der Waals surface area contributed by atoms with Crippen molar-refractivity contribution < 1.29 is 19.5 Å². The summed E-state index contributed by atoms with van der Waals surface area (Å²) in [5.41, 5.74) is 8.08. The molecule has 0 bridgehead atoms. The van der Waals surface area contributed by atoms with E-state index >= 15 is 0 Å². The van der Waals surface area contributed by atoms with E-state index in [4.69, 9.17) is 23.2 Å². The fourth-order valence-electron chi connectivity index (χ4n) is 9.84. The van der Waals surface area contributed by atoms with Gasteiger partial charge in [-0.05, 0) is 87.3 Å². The molecule has 1 aliphatic heterocycles. The van der Waals surface area contributed by atoms with Gasteiger partial charge in [0.05, 0.1) is 9.49 Å². The van der Waals surface area contributed by atoms with Gasteiger partial charge in [-0.15, -0.1) is 23.2 Å². The molecule has 1 aromatic carbocycles. The molecule has 0 spiro atoms. The largest absolute Gasteiger partial charge is 0.370 e. The van der Waals surface area contributed by atoms with Gasteiger partial charge in [0.25, 0.3) is 0 Å². The summed E-state index contributed by atoms with van der Waals surface area (Å²) in [4.78, 5) is -0.556. The molecule has 238 valence electrons. The molecule has 3 atom stereocenters. The van der Waals surface area contributed by atoms with Crippen molar-refractivity contribution >= 4 is 35.9 Å². The number of aryl methyl sites for hydroxylation is 3. The molecule has 2 N–H and O–H groups in total. The average Bonchev–Trinajstić information content (AvgIpc) is 3.53. The molecule has 43 heavy (non-hydrogen) atoms. The van der Waals surface area contributed by atoms with E-state index in [9.17, 15) is 0 Å². The van der Waals surface area contributed by atoms with Crippen LogP contribution < -0.4 is 10.6 Å². The van der Waals surface area contributed by atoms with Crippen molar-refractivity contribution in [2.75, 3.05) is 13.1 Å². The van der Waals surface area contributed by atoms with E-state index in [1.807, 2.05) is 0 Å². The summed E-state index contributed by atoms with van der Waals surface area (Å²) in [6, 6.07) is 4.72. The van der Waals surface area contributed by atoms with Crippen LogP contribution in [0.4, 0.5) is 0 Å². The van der Waals surface area contributed by atoms with Crippen molar-refractivity contribution in [3.05, 3.63) is 70.1 Å². The Hall–Kier alpha value is -0.457. The van der Waals surface area contributed by atoms with E-state index in [-0.39, 0.29) is 25.4 Å². The van der Waals surface area contributed by atoms with Crippen molar-refractivity contribution in [1.82, 2.24) is 10.6 Å². The molecule has 0 aromatic heterocycles. The van der Waals surface area contributed by atoms with Crippen LogP contribution >= 0.6 is 30.1 Å². The third-order valence-corrected chi connectivity index (χ3v) is 19.8. The van der Waals surface area contributed by atoms with Gasteiger partial charge in [0.15, 0.2) is 0 Å². The molecule has 0 radical (unpaired) electrons. The fraction of sp³-hybridized carbons (Fsp3) is 0.649. The van der Waals surface area contributed by atoms with Crippen LogP contribution in [0.25, 0.3) is 0 Å². The first-order chi connectivity index (χ1) is 20.3. The zero-order valence-electron chi connectivity index (χ0n) is 26.6. The SMILES string of the molecule is Cc1cc(C)c(C2(Cl)CCCCC2(Cl)P(=CC2C=CC=CC2=C2NCCN2)(C2CCCCC2)C2CCCCC2)c(C)c1.[Ru]. The van der Waals surface area contributed by atoms with E-state index in [1.165, 1.54) is 104 Å². The molecule has 5 aliphatic rings. The minimum atomic E-state index is -1.99. The van der Waals surface area contributed by atoms with Gasteiger partial charge >= 0.3 is 0 Å². The Labute approximate surface area is 285 Å². The van der Waals surface area contributed by atoms with Crippen LogP contribution in [0.2, 0.25) is 0 Å². The number of allylic oxidation sites excluding steroid dienone is 5. The summed E-state index contributed by atoms with van der Waals surface area (Å²) in [6.07, 6.45) is 27.1. The first-order valence-electron chi connectivity index (χ1n) is 17.1. The molecule has 6 heteroatoms. The van der Waals surface area contributed by atoms with Crippen molar-refractivity contribution in [2.45, 2.75) is 131 Å². The molecule has 0 amide bonds. The topological polar surface area (TPSA) is 24.1 Å². The van der Waals surface area contributed by atoms with Crippen molar-refractivity contribution in [3.8, 4) is 0 Å². The first-order valence-corrected chi connectivity index (χ1v) is 19.8. The van der Waals surface area contributed by atoms with E-state index in [2.05, 4.69) is 73.6 Å². The third kappa shape index (κ3) is 6.06. The third-order valence-electron chi connectivity index (χ3n) is 11.4. The number of benzene rings is 1. The molecule has 1 aromatic rings. The van der Waals surface area contributed by atoms with E-state index < -0.39 is 16.4 Å².